The van der Waals surface area contributed by atoms with Gasteiger partial charge in [0.2, 0.25) is 0 Å². The molecule has 0 amide bonds. The molecule has 0 aliphatic carbocycles. The van der Waals surface area contributed by atoms with Crippen molar-refractivity contribution in [1.82, 2.24) is 29.9 Å². The molecule has 0 saturated carbocycles. The zero-order valence-corrected chi connectivity index (χ0v) is 19.0. The highest BCUT2D eigenvalue weighted by atomic mass is 15.3. The molecule has 4 heterocycles. The van der Waals surface area contributed by atoms with Crippen molar-refractivity contribution in [2.45, 2.75) is 38.9 Å². The van der Waals surface area contributed by atoms with E-state index in [0.29, 0.717) is 6.04 Å². The molecule has 3 aromatic heterocycles. The second kappa shape index (κ2) is 8.05. The number of aromatic nitrogens is 5. The molecule has 166 valence electrons. The maximum Gasteiger partial charge on any atom is 0.0791 e. The Hall–Kier alpha value is -3.64. The predicted molar refractivity (Wildman–Crippen MR) is 131 cm³/mol. The summed E-state index contributed by atoms with van der Waals surface area (Å²) < 4.78 is 2.05. The molecule has 1 aliphatic heterocycles. The minimum Gasteiger partial charge on any atom is -0.357 e. The Morgan fingerprint density at radius 1 is 1.03 bits per heavy atom. The summed E-state index contributed by atoms with van der Waals surface area (Å²) in [6.45, 7) is 6.13. The molecule has 2 N–H and O–H groups in total. The highest BCUT2D eigenvalue weighted by molar-refractivity contribution is 5.85. The van der Waals surface area contributed by atoms with Crippen LogP contribution in [-0.4, -0.2) is 36.4 Å². The fourth-order valence-corrected chi connectivity index (χ4v) is 5.12. The van der Waals surface area contributed by atoms with Crippen LogP contribution >= 0.6 is 0 Å². The molecule has 1 unspecified atom stereocenters. The van der Waals surface area contributed by atoms with Crippen LogP contribution in [0.1, 0.15) is 48.3 Å². The second-order valence-corrected chi connectivity index (χ2v) is 9.17. The van der Waals surface area contributed by atoms with Gasteiger partial charge in [0.25, 0.3) is 0 Å². The van der Waals surface area contributed by atoms with Crippen LogP contribution in [0.15, 0.2) is 73.2 Å². The predicted octanol–water partition coefficient (Wildman–Crippen LogP) is 5.48. The maximum atomic E-state index is 4.67. The van der Waals surface area contributed by atoms with Crippen LogP contribution in [0.25, 0.3) is 22.2 Å². The van der Waals surface area contributed by atoms with Gasteiger partial charge in [0.05, 0.1) is 24.1 Å². The van der Waals surface area contributed by atoms with E-state index in [9.17, 15) is 0 Å². The molecule has 0 fully saturated rings. The number of nitrogens with zero attached hydrogens (tertiary/aromatic N) is 4. The lowest BCUT2D eigenvalue weighted by atomic mass is 9.93. The minimum absolute atomic E-state index is 0.118. The first-order valence-electron chi connectivity index (χ1n) is 11.6. The highest BCUT2D eigenvalue weighted by Gasteiger charge is 2.33. The van der Waals surface area contributed by atoms with Gasteiger partial charge in [-0.3, -0.25) is 14.7 Å². The largest absolute Gasteiger partial charge is 0.357 e. The van der Waals surface area contributed by atoms with Crippen LogP contribution in [0.2, 0.25) is 0 Å². The van der Waals surface area contributed by atoms with Gasteiger partial charge < -0.3 is 4.98 Å². The fourth-order valence-electron chi connectivity index (χ4n) is 5.12. The van der Waals surface area contributed by atoms with Crippen LogP contribution in [0.5, 0.6) is 0 Å². The number of para-hydroxylation sites is 1. The molecule has 6 nitrogen and oxygen atoms in total. The molecule has 1 aliphatic rings. The topological polar surface area (TPSA) is 65.5 Å². The van der Waals surface area contributed by atoms with Crippen LogP contribution in [0.3, 0.4) is 0 Å². The molecule has 0 bridgehead atoms. The van der Waals surface area contributed by atoms with Gasteiger partial charge in [-0.1, -0.05) is 48.5 Å². The summed E-state index contributed by atoms with van der Waals surface area (Å²) in [6, 6.07) is 19.5. The zero-order valence-electron chi connectivity index (χ0n) is 19.0. The number of aromatic amines is 2. The molecular weight excluding hydrogens is 408 g/mol. The summed E-state index contributed by atoms with van der Waals surface area (Å²) in [5.74, 6) is 0. The Labute approximate surface area is 193 Å². The molecule has 33 heavy (non-hydrogen) atoms. The number of H-pyrrole nitrogens is 2. The van der Waals surface area contributed by atoms with Gasteiger partial charge in [-0.2, -0.15) is 10.2 Å². The second-order valence-electron chi connectivity index (χ2n) is 9.17. The quantitative estimate of drug-likeness (QED) is 0.383. The van der Waals surface area contributed by atoms with Crippen molar-refractivity contribution in [2.75, 3.05) is 6.54 Å². The third-order valence-electron chi connectivity index (χ3n) is 6.75. The van der Waals surface area contributed by atoms with Crippen molar-refractivity contribution in [3.63, 3.8) is 0 Å². The van der Waals surface area contributed by atoms with Crippen LogP contribution in [-0.2, 0) is 13.0 Å². The van der Waals surface area contributed by atoms with Crippen LogP contribution in [0, 0.1) is 0 Å². The lowest BCUT2D eigenvalue weighted by Crippen LogP contribution is -2.35. The average Bonchev–Trinajstić information content (AvgIpc) is 3.58. The van der Waals surface area contributed by atoms with Gasteiger partial charge in [-0.15, -0.1) is 0 Å². The van der Waals surface area contributed by atoms with E-state index in [4.69, 9.17) is 0 Å². The normalized spacial score (nSPS) is 16.5. The maximum absolute atomic E-state index is 4.67. The SMILES string of the molecule is CC(C)n1cc(C2c3[nH]c4ccccc4c3CCN2Cc2cn[nH]c2-c2ccccc2)cn1. The highest BCUT2D eigenvalue weighted by Crippen LogP contribution is 2.39. The van der Waals surface area contributed by atoms with E-state index >= 15 is 0 Å². The van der Waals surface area contributed by atoms with Crippen LogP contribution in [0.4, 0.5) is 0 Å². The number of fused-ring (bicyclic) bond motifs is 3. The van der Waals surface area contributed by atoms with E-state index in [2.05, 4.69) is 98.4 Å². The summed E-state index contributed by atoms with van der Waals surface area (Å²) >= 11 is 0. The van der Waals surface area contributed by atoms with E-state index in [-0.39, 0.29) is 6.04 Å². The van der Waals surface area contributed by atoms with Gasteiger partial charge in [0.1, 0.15) is 0 Å². The lowest BCUT2D eigenvalue weighted by Gasteiger charge is -2.35. The van der Waals surface area contributed by atoms with Crippen molar-refractivity contribution in [3.05, 3.63) is 95.6 Å². The van der Waals surface area contributed by atoms with Gasteiger partial charge >= 0.3 is 0 Å². The summed E-state index contributed by atoms with van der Waals surface area (Å²) in [7, 11) is 0. The van der Waals surface area contributed by atoms with Crippen molar-refractivity contribution in [3.8, 4) is 11.3 Å². The van der Waals surface area contributed by atoms with Gasteiger partial charge in [0, 0.05) is 53.1 Å². The Morgan fingerprint density at radius 2 is 1.85 bits per heavy atom. The van der Waals surface area contributed by atoms with E-state index in [1.807, 2.05) is 18.5 Å². The van der Waals surface area contributed by atoms with Crippen molar-refractivity contribution in [2.24, 2.45) is 0 Å². The summed E-state index contributed by atoms with van der Waals surface area (Å²) in [4.78, 5) is 6.31. The standard InChI is InChI=1S/C27H28N6/c1-18(2)33-17-21(15-29-33)27-26-23(22-10-6-7-11-24(22)30-26)12-13-32(27)16-20-14-28-31-25(20)19-8-4-3-5-9-19/h3-11,14-15,17-18,27,30H,12-13,16H2,1-2H3,(H,28,31). The monoisotopic (exact) mass is 436 g/mol. The average molecular weight is 437 g/mol. The Morgan fingerprint density at radius 3 is 2.67 bits per heavy atom. The number of benzene rings is 2. The Kier molecular flexibility index (Phi) is 4.88. The third kappa shape index (κ3) is 3.47. The molecule has 5 aromatic rings. The fraction of sp³-hybridized carbons (Fsp3) is 0.259. The van der Waals surface area contributed by atoms with E-state index in [1.165, 1.54) is 33.3 Å². The zero-order chi connectivity index (χ0) is 22.4. The van der Waals surface area contributed by atoms with Crippen molar-refractivity contribution >= 4 is 10.9 Å². The van der Waals surface area contributed by atoms with E-state index < -0.39 is 0 Å². The Balaban J connectivity index is 1.43. The first-order valence-corrected chi connectivity index (χ1v) is 11.6. The summed E-state index contributed by atoms with van der Waals surface area (Å²) in [5, 5.41) is 13.6. The number of hydrogen-bond donors (Lipinski definition) is 2. The van der Waals surface area contributed by atoms with Gasteiger partial charge in [-0.25, -0.2) is 0 Å². The number of hydrogen-bond acceptors (Lipinski definition) is 3. The minimum atomic E-state index is 0.118. The molecule has 0 radical (unpaired) electrons. The molecule has 2 aromatic carbocycles. The summed E-state index contributed by atoms with van der Waals surface area (Å²) in [6.07, 6.45) is 7.23. The van der Waals surface area contributed by atoms with E-state index in [1.54, 1.807) is 0 Å². The van der Waals surface area contributed by atoms with Crippen LogP contribution < -0.4 is 0 Å². The molecule has 0 saturated heterocycles. The number of rotatable bonds is 5. The molecular formula is C27H28N6. The number of nitrogens with one attached hydrogen (secondary N) is 2. The molecule has 1 atom stereocenters. The first-order chi connectivity index (χ1) is 16.2. The molecule has 6 rings (SSSR count). The summed E-state index contributed by atoms with van der Waals surface area (Å²) in [5.41, 5.74) is 8.61. The van der Waals surface area contributed by atoms with Gasteiger partial charge in [0.15, 0.2) is 0 Å². The molecule has 0 spiro atoms. The van der Waals surface area contributed by atoms with E-state index in [0.717, 1.165) is 30.8 Å². The van der Waals surface area contributed by atoms with Crippen molar-refractivity contribution in [1.29, 1.82) is 0 Å². The van der Waals surface area contributed by atoms with Gasteiger partial charge in [-0.05, 0) is 37.5 Å². The third-order valence-corrected chi connectivity index (χ3v) is 6.75. The van der Waals surface area contributed by atoms with Crippen molar-refractivity contribution < 1.29 is 0 Å². The lowest BCUT2D eigenvalue weighted by molar-refractivity contribution is 0.202. The first kappa shape index (κ1) is 20.0. The Bertz CT molecular complexity index is 1390. The smallest absolute Gasteiger partial charge is 0.0791 e. The molecule has 6 heteroatoms.